The lowest BCUT2D eigenvalue weighted by molar-refractivity contribution is -0.132. The minimum absolute atomic E-state index is 0.165. The summed E-state index contributed by atoms with van der Waals surface area (Å²) in [6.45, 7) is 6.89. The molecule has 0 aliphatic carbocycles. The molecule has 0 radical (unpaired) electrons. The average Bonchev–Trinajstić information content (AvgIpc) is 2.98. The molecule has 0 bridgehead atoms. The maximum absolute atomic E-state index is 12.9. The Labute approximate surface area is 155 Å². The van der Waals surface area contributed by atoms with Gasteiger partial charge in [-0.1, -0.05) is 0 Å². The van der Waals surface area contributed by atoms with E-state index < -0.39 is 0 Å². The molecule has 1 aromatic rings. The van der Waals surface area contributed by atoms with Crippen LogP contribution in [0.1, 0.15) is 31.7 Å². The Balaban J connectivity index is 1.82. The van der Waals surface area contributed by atoms with Crippen molar-refractivity contribution in [3.63, 3.8) is 0 Å². The first kappa shape index (κ1) is 18.8. The molecule has 0 saturated carbocycles. The molecule has 3 rings (SSSR count). The number of carbonyl (C=O) groups excluding carboxylic acids is 1. The van der Waals surface area contributed by atoms with Crippen LogP contribution in [0.2, 0.25) is 0 Å². The first-order chi connectivity index (χ1) is 12.7. The Kier molecular flexibility index (Phi) is 6.62. The van der Waals surface area contributed by atoms with Crippen molar-refractivity contribution in [1.29, 1.82) is 0 Å². The highest BCUT2D eigenvalue weighted by Crippen LogP contribution is 2.29. The monoisotopic (exact) mass is 362 g/mol. The Morgan fingerprint density at radius 2 is 2.19 bits per heavy atom. The number of hydrogen-bond donors (Lipinski definition) is 2. The van der Waals surface area contributed by atoms with Crippen LogP contribution in [0.15, 0.2) is 6.33 Å². The smallest absolute Gasteiger partial charge is 0.242 e. The lowest BCUT2D eigenvalue weighted by Crippen LogP contribution is -2.43. The van der Waals surface area contributed by atoms with Gasteiger partial charge in [0, 0.05) is 26.2 Å². The average molecular weight is 362 g/mol. The van der Waals surface area contributed by atoms with Gasteiger partial charge < -0.3 is 25.2 Å². The van der Waals surface area contributed by atoms with Crippen molar-refractivity contribution in [3.8, 4) is 0 Å². The largest absolute Gasteiger partial charge is 0.380 e. The molecule has 1 fully saturated rings. The predicted molar refractivity (Wildman–Crippen MR) is 101 cm³/mol. The van der Waals surface area contributed by atoms with Crippen molar-refractivity contribution in [2.24, 2.45) is 0 Å². The highest BCUT2D eigenvalue weighted by molar-refractivity contribution is 5.83. The number of aromatic nitrogens is 2. The summed E-state index contributed by atoms with van der Waals surface area (Å²) in [5.41, 5.74) is 0.995. The number of hydrogen-bond acceptors (Lipinski definition) is 7. The molecule has 1 saturated heterocycles. The lowest BCUT2D eigenvalue weighted by Gasteiger charge is -2.30. The van der Waals surface area contributed by atoms with Gasteiger partial charge >= 0.3 is 0 Å². The van der Waals surface area contributed by atoms with Gasteiger partial charge in [-0.15, -0.1) is 0 Å². The summed E-state index contributed by atoms with van der Waals surface area (Å²) in [4.78, 5) is 25.7. The normalized spacial score (nSPS) is 21.2. The molecule has 1 atom stereocenters. The fraction of sp³-hybridized carbons (Fsp3) is 0.722. The number of ether oxygens (including phenoxy) is 1. The van der Waals surface area contributed by atoms with Crippen molar-refractivity contribution >= 4 is 17.5 Å². The molecule has 26 heavy (non-hydrogen) atoms. The number of nitrogens with zero attached hydrogens (tertiary/aromatic N) is 4. The van der Waals surface area contributed by atoms with Gasteiger partial charge in [-0.25, -0.2) is 9.97 Å². The standard InChI is InChI=1S/C18H30N6O2/c1-3-26-10-9-20-17-15-11-24(14-5-4-7-19-8-6-14)16(25)12-23(2)18(15)22-13-21-17/h13-14,19H,3-12H2,1-2H3,(H,20,21,22). The van der Waals surface area contributed by atoms with Gasteiger partial charge in [0.1, 0.15) is 18.0 Å². The Bertz CT molecular complexity index is 603. The number of fused-ring (bicyclic) bond motifs is 1. The topological polar surface area (TPSA) is 82.6 Å². The molecule has 8 nitrogen and oxygen atoms in total. The zero-order valence-corrected chi connectivity index (χ0v) is 15.8. The molecule has 1 unspecified atom stereocenters. The van der Waals surface area contributed by atoms with Gasteiger partial charge in [-0.2, -0.15) is 0 Å². The number of rotatable bonds is 6. The molecule has 3 heterocycles. The van der Waals surface area contributed by atoms with E-state index in [0.29, 0.717) is 32.8 Å². The summed E-state index contributed by atoms with van der Waals surface area (Å²) in [7, 11) is 1.92. The second kappa shape index (κ2) is 9.14. The van der Waals surface area contributed by atoms with Crippen molar-refractivity contribution in [1.82, 2.24) is 20.2 Å². The van der Waals surface area contributed by atoms with E-state index in [1.54, 1.807) is 6.33 Å². The minimum Gasteiger partial charge on any atom is -0.380 e. The van der Waals surface area contributed by atoms with Crippen LogP contribution < -0.4 is 15.5 Å². The fourth-order valence-corrected chi connectivity index (χ4v) is 3.69. The van der Waals surface area contributed by atoms with Crippen LogP contribution in [0.5, 0.6) is 0 Å². The van der Waals surface area contributed by atoms with Crippen molar-refractivity contribution < 1.29 is 9.53 Å². The van der Waals surface area contributed by atoms with Gasteiger partial charge in [-0.3, -0.25) is 4.79 Å². The summed E-state index contributed by atoms with van der Waals surface area (Å²) in [6.07, 6.45) is 4.69. The Morgan fingerprint density at radius 1 is 1.31 bits per heavy atom. The van der Waals surface area contributed by atoms with Gasteiger partial charge in [0.2, 0.25) is 5.91 Å². The van der Waals surface area contributed by atoms with E-state index in [0.717, 1.165) is 49.6 Å². The maximum atomic E-state index is 12.9. The quantitative estimate of drug-likeness (QED) is 0.726. The van der Waals surface area contributed by atoms with Gasteiger partial charge in [0.15, 0.2) is 0 Å². The zero-order valence-electron chi connectivity index (χ0n) is 15.8. The molecular formula is C18H30N6O2. The third-order valence-corrected chi connectivity index (χ3v) is 5.03. The van der Waals surface area contributed by atoms with Gasteiger partial charge in [0.25, 0.3) is 0 Å². The van der Waals surface area contributed by atoms with Crippen LogP contribution in [-0.2, 0) is 16.1 Å². The van der Waals surface area contributed by atoms with Crippen molar-refractivity contribution in [2.45, 2.75) is 38.8 Å². The molecule has 0 spiro atoms. The lowest BCUT2D eigenvalue weighted by atomic mass is 10.1. The second-order valence-electron chi connectivity index (χ2n) is 6.86. The number of likely N-dealkylation sites (N-methyl/N-ethyl adjacent to an activating group) is 1. The summed E-state index contributed by atoms with van der Waals surface area (Å²) < 4.78 is 5.40. The molecule has 0 aromatic carbocycles. The summed E-state index contributed by atoms with van der Waals surface area (Å²) in [6, 6.07) is 0.272. The number of nitrogens with one attached hydrogen (secondary N) is 2. The zero-order chi connectivity index (χ0) is 18.4. The fourth-order valence-electron chi connectivity index (χ4n) is 3.69. The van der Waals surface area contributed by atoms with Crippen molar-refractivity contribution in [2.75, 3.05) is 56.7 Å². The van der Waals surface area contributed by atoms with Crippen LogP contribution in [-0.4, -0.2) is 73.3 Å². The van der Waals surface area contributed by atoms with Crippen LogP contribution in [0, 0.1) is 0 Å². The van der Waals surface area contributed by atoms with Crippen LogP contribution in [0.25, 0.3) is 0 Å². The first-order valence-corrected chi connectivity index (χ1v) is 9.57. The van der Waals surface area contributed by atoms with Gasteiger partial charge in [0.05, 0.1) is 25.3 Å². The second-order valence-corrected chi connectivity index (χ2v) is 6.86. The first-order valence-electron chi connectivity index (χ1n) is 9.57. The third-order valence-electron chi connectivity index (χ3n) is 5.03. The van der Waals surface area contributed by atoms with E-state index in [1.165, 1.54) is 0 Å². The molecule has 2 aliphatic rings. The van der Waals surface area contributed by atoms with E-state index in [4.69, 9.17) is 4.74 Å². The Hall–Kier alpha value is -1.93. The highest BCUT2D eigenvalue weighted by Gasteiger charge is 2.31. The van der Waals surface area contributed by atoms with Gasteiger partial charge in [-0.05, 0) is 39.3 Å². The minimum atomic E-state index is 0.165. The Morgan fingerprint density at radius 3 is 3.04 bits per heavy atom. The van der Waals surface area contributed by atoms with E-state index in [1.807, 2.05) is 23.8 Å². The highest BCUT2D eigenvalue weighted by atomic mass is 16.5. The molecule has 2 aliphatic heterocycles. The maximum Gasteiger partial charge on any atom is 0.242 e. The summed E-state index contributed by atoms with van der Waals surface area (Å²) >= 11 is 0. The van der Waals surface area contributed by atoms with Crippen molar-refractivity contribution in [3.05, 3.63) is 11.9 Å². The number of anilines is 2. The van der Waals surface area contributed by atoms with E-state index >= 15 is 0 Å². The number of amides is 1. The molecule has 144 valence electrons. The molecular weight excluding hydrogens is 332 g/mol. The summed E-state index contributed by atoms with van der Waals surface area (Å²) in [5.74, 6) is 1.80. The SMILES string of the molecule is CCOCCNc1ncnc2c1CN(C1CCCNCC1)C(=O)CN2C. The van der Waals surface area contributed by atoms with Crippen LogP contribution >= 0.6 is 0 Å². The molecule has 8 heteroatoms. The van der Waals surface area contributed by atoms with Crippen LogP contribution in [0.3, 0.4) is 0 Å². The van der Waals surface area contributed by atoms with E-state index in [9.17, 15) is 4.79 Å². The number of carbonyl (C=O) groups is 1. The summed E-state index contributed by atoms with van der Waals surface area (Å²) in [5, 5.41) is 6.78. The van der Waals surface area contributed by atoms with E-state index in [-0.39, 0.29) is 11.9 Å². The van der Waals surface area contributed by atoms with E-state index in [2.05, 4.69) is 20.6 Å². The molecule has 1 amide bonds. The third kappa shape index (κ3) is 4.42. The predicted octanol–water partition coefficient (Wildman–Crippen LogP) is 0.846. The molecule has 2 N–H and O–H groups in total. The molecule has 1 aromatic heterocycles. The van der Waals surface area contributed by atoms with Crippen LogP contribution in [0.4, 0.5) is 11.6 Å².